The maximum Gasteiger partial charge on any atom is 0.233 e. The van der Waals surface area contributed by atoms with Gasteiger partial charge >= 0.3 is 0 Å². The lowest BCUT2D eigenvalue weighted by Crippen LogP contribution is -2.45. The van der Waals surface area contributed by atoms with Gasteiger partial charge in [-0.05, 0) is 37.5 Å². The Hall–Kier alpha value is -1.85. The van der Waals surface area contributed by atoms with Crippen LogP contribution in [0.4, 0.5) is 5.82 Å². The van der Waals surface area contributed by atoms with Crippen LogP contribution in [0.3, 0.4) is 0 Å². The van der Waals surface area contributed by atoms with Crippen LogP contribution in [0, 0.1) is 5.92 Å². The number of rotatable bonds is 2. The van der Waals surface area contributed by atoms with Crippen molar-refractivity contribution >= 4 is 40.6 Å². The third kappa shape index (κ3) is 5.81. The fourth-order valence-electron chi connectivity index (χ4n) is 5.12. The summed E-state index contributed by atoms with van der Waals surface area (Å²) in [6.45, 7) is 3.58. The summed E-state index contributed by atoms with van der Waals surface area (Å²) in [5.74, 6) is 0.492. The molecule has 0 radical (unpaired) electrons. The van der Waals surface area contributed by atoms with E-state index in [-0.39, 0.29) is 11.9 Å². The van der Waals surface area contributed by atoms with Crippen LogP contribution in [0.15, 0.2) is 35.5 Å². The van der Waals surface area contributed by atoms with E-state index in [4.69, 9.17) is 28.2 Å². The molecule has 2 atom stereocenters. The zero-order valence-electron chi connectivity index (χ0n) is 19.5. The highest BCUT2D eigenvalue weighted by Gasteiger charge is 2.40. The highest BCUT2D eigenvalue weighted by molar-refractivity contribution is 6.42. The Bertz CT molecular complexity index is 972. The van der Waals surface area contributed by atoms with Crippen molar-refractivity contribution in [1.29, 1.82) is 0 Å². The normalized spacial score (nSPS) is 23.0. The second-order valence-electron chi connectivity index (χ2n) is 9.34. The Balaban J connectivity index is 1.62. The van der Waals surface area contributed by atoms with Crippen LogP contribution in [0.5, 0.6) is 0 Å². The Kier molecular flexibility index (Phi) is 8.48. The van der Waals surface area contributed by atoms with Crippen LogP contribution in [-0.2, 0) is 4.79 Å². The van der Waals surface area contributed by atoms with E-state index in [0.29, 0.717) is 10.0 Å². The second-order valence-corrected chi connectivity index (χ2v) is 10.2. The molecular formula is C26H34Cl2N4O. The highest BCUT2D eigenvalue weighted by atomic mass is 35.5. The van der Waals surface area contributed by atoms with Gasteiger partial charge in [-0.2, -0.15) is 5.10 Å². The lowest BCUT2D eigenvalue weighted by Gasteiger charge is -2.35. The first kappa shape index (κ1) is 24.3. The SMILES string of the molecule is CC1=Nc2ccnn2C(c2ccc(Cl)c(Cl)c2)C1C(=O)N1CCCCCCCCCCCC1. The van der Waals surface area contributed by atoms with Gasteiger partial charge in [-0.25, -0.2) is 9.67 Å². The molecule has 0 spiro atoms. The first-order valence-electron chi connectivity index (χ1n) is 12.4. The molecule has 7 heteroatoms. The first-order valence-corrected chi connectivity index (χ1v) is 13.1. The van der Waals surface area contributed by atoms with Crippen molar-refractivity contribution in [2.45, 2.75) is 77.2 Å². The summed E-state index contributed by atoms with van der Waals surface area (Å²) < 4.78 is 1.86. The van der Waals surface area contributed by atoms with E-state index < -0.39 is 5.92 Å². The molecule has 0 saturated carbocycles. The molecule has 2 unspecified atom stereocenters. The number of aliphatic imine (C=N–C) groups is 1. The number of hydrogen-bond acceptors (Lipinski definition) is 3. The number of carbonyl (C=O) groups is 1. The van der Waals surface area contributed by atoms with Crippen molar-refractivity contribution in [3.05, 3.63) is 46.1 Å². The van der Waals surface area contributed by atoms with Crippen LogP contribution in [-0.4, -0.2) is 39.4 Å². The van der Waals surface area contributed by atoms with Crippen molar-refractivity contribution in [3.63, 3.8) is 0 Å². The zero-order valence-corrected chi connectivity index (χ0v) is 21.0. The molecule has 1 fully saturated rings. The van der Waals surface area contributed by atoms with Crippen molar-refractivity contribution < 1.29 is 4.79 Å². The van der Waals surface area contributed by atoms with Gasteiger partial charge in [-0.15, -0.1) is 0 Å². The van der Waals surface area contributed by atoms with Gasteiger partial charge in [-0.3, -0.25) is 4.79 Å². The minimum absolute atomic E-state index is 0.142. The Morgan fingerprint density at radius 2 is 1.48 bits per heavy atom. The predicted molar refractivity (Wildman–Crippen MR) is 136 cm³/mol. The summed E-state index contributed by atoms with van der Waals surface area (Å²) in [4.78, 5) is 20.9. The van der Waals surface area contributed by atoms with Gasteiger partial charge in [0.05, 0.1) is 22.3 Å². The van der Waals surface area contributed by atoms with E-state index in [0.717, 1.165) is 43.0 Å². The molecule has 2 aromatic rings. The monoisotopic (exact) mass is 488 g/mol. The van der Waals surface area contributed by atoms with E-state index in [1.165, 1.54) is 51.4 Å². The second kappa shape index (κ2) is 11.5. The topological polar surface area (TPSA) is 50.5 Å². The Morgan fingerprint density at radius 3 is 2.09 bits per heavy atom. The molecule has 0 N–H and O–H groups in total. The molecule has 1 saturated heterocycles. The smallest absolute Gasteiger partial charge is 0.233 e. The minimum Gasteiger partial charge on any atom is -0.342 e. The van der Waals surface area contributed by atoms with Gasteiger partial charge in [0, 0.05) is 24.9 Å². The fourth-order valence-corrected chi connectivity index (χ4v) is 5.43. The predicted octanol–water partition coefficient (Wildman–Crippen LogP) is 7.24. The molecule has 178 valence electrons. The molecule has 1 aromatic heterocycles. The summed E-state index contributed by atoms with van der Waals surface area (Å²) in [6, 6.07) is 7.19. The van der Waals surface area contributed by atoms with Crippen molar-refractivity contribution in [2.75, 3.05) is 13.1 Å². The summed E-state index contributed by atoms with van der Waals surface area (Å²) >= 11 is 12.6. The molecule has 4 rings (SSSR count). The minimum atomic E-state index is -0.412. The Labute approximate surface area is 207 Å². The van der Waals surface area contributed by atoms with E-state index in [9.17, 15) is 4.79 Å². The molecule has 2 aliphatic heterocycles. The number of amides is 1. The molecule has 3 heterocycles. The van der Waals surface area contributed by atoms with Crippen molar-refractivity contribution in [1.82, 2.24) is 14.7 Å². The maximum atomic E-state index is 14.1. The number of benzene rings is 1. The van der Waals surface area contributed by atoms with Gasteiger partial charge in [0.1, 0.15) is 5.92 Å². The molecule has 5 nitrogen and oxygen atoms in total. The molecular weight excluding hydrogens is 455 g/mol. The molecule has 2 aliphatic rings. The number of nitrogens with zero attached hydrogens (tertiary/aromatic N) is 4. The van der Waals surface area contributed by atoms with E-state index in [1.807, 2.05) is 29.8 Å². The van der Waals surface area contributed by atoms with E-state index in [2.05, 4.69) is 10.00 Å². The lowest BCUT2D eigenvalue weighted by molar-refractivity contribution is -0.134. The van der Waals surface area contributed by atoms with Crippen LogP contribution in [0.25, 0.3) is 0 Å². The van der Waals surface area contributed by atoms with Crippen LogP contribution in [0.2, 0.25) is 10.0 Å². The van der Waals surface area contributed by atoms with Crippen LogP contribution in [0.1, 0.15) is 82.7 Å². The van der Waals surface area contributed by atoms with Crippen LogP contribution >= 0.6 is 23.2 Å². The largest absolute Gasteiger partial charge is 0.342 e. The zero-order chi connectivity index (χ0) is 23.2. The number of aromatic nitrogens is 2. The first-order chi connectivity index (χ1) is 16.1. The standard InChI is InChI=1S/C26H34Cl2N4O/c1-19-24(26(33)31-16-10-8-6-4-2-3-5-7-9-11-17-31)25(32-23(30-19)14-15-29-32)20-12-13-21(27)22(28)18-20/h12-15,18,24-25H,2-11,16-17H2,1H3. The van der Waals surface area contributed by atoms with Gasteiger partial charge < -0.3 is 4.90 Å². The van der Waals surface area contributed by atoms with E-state index >= 15 is 0 Å². The van der Waals surface area contributed by atoms with Gasteiger partial charge in [-0.1, -0.05) is 80.6 Å². The fraction of sp³-hybridized carbons (Fsp3) is 0.577. The lowest BCUT2D eigenvalue weighted by atomic mass is 9.87. The Morgan fingerprint density at radius 1 is 0.879 bits per heavy atom. The number of fused-ring (bicyclic) bond motifs is 1. The third-order valence-electron chi connectivity index (χ3n) is 6.94. The molecule has 1 aromatic carbocycles. The molecule has 0 aliphatic carbocycles. The average molecular weight is 489 g/mol. The molecule has 1 amide bonds. The van der Waals surface area contributed by atoms with Gasteiger partial charge in [0.15, 0.2) is 5.82 Å². The van der Waals surface area contributed by atoms with Crippen LogP contribution < -0.4 is 0 Å². The summed E-state index contributed by atoms with van der Waals surface area (Å²) in [5.41, 5.74) is 1.75. The third-order valence-corrected chi connectivity index (χ3v) is 7.68. The maximum absolute atomic E-state index is 14.1. The highest BCUT2D eigenvalue weighted by Crippen LogP contribution is 2.39. The summed E-state index contributed by atoms with van der Waals surface area (Å²) in [6.07, 6.45) is 14.0. The van der Waals surface area contributed by atoms with Gasteiger partial charge in [0.25, 0.3) is 0 Å². The molecule has 33 heavy (non-hydrogen) atoms. The van der Waals surface area contributed by atoms with Crippen molar-refractivity contribution in [3.8, 4) is 0 Å². The quantitative estimate of drug-likeness (QED) is 0.446. The number of halogens is 2. The molecule has 0 bridgehead atoms. The van der Waals surface area contributed by atoms with Crippen molar-refractivity contribution in [2.24, 2.45) is 10.9 Å². The average Bonchev–Trinajstić information content (AvgIpc) is 3.27. The van der Waals surface area contributed by atoms with E-state index in [1.54, 1.807) is 12.3 Å². The number of hydrogen-bond donors (Lipinski definition) is 0. The van der Waals surface area contributed by atoms with Gasteiger partial charge in [0.2, 0.25) is 5.91 Å². The summed E-state index contributed by atoms with van der Waals surface area (Å²) in [5, 5.41) is 5.52. The summed E-state index contributed by atoms with van der Waals surface area (Å²) in [7, 11) is 0. The number of carbonyl (C=O) groups excluding carboxylic acids is 1.